The molecule has 1 spiro atoms. The van der Waals surface area contributed by atoms with E-state index in [9.17, 15) is 4.39 Å². The molecule has 3 saturated heterocycles. The number of alkyl halides is 2. The van der Waals surface area contributed by atoms with Gasteiger partial charge in [-0.15, -0.1) is 10.2 Å². The van der Waals surface area contributed by atoms with Gasteiger partial charge in [0.05, 0.1) is 22.6 Å². The third kappa shape index (κ3) is 4.53. The summed E-state index contributed by atoms with van der Waals surface area (Å²) in [6.07, 6.45) is 7.90. The van der Waals surface area contributed by atoms with Gasteiger partial charge < -0.3 is 14.1 Å². The number of aromatic nitrogens is 7. The lowest BCUT2D eigenvalue weighted by Gasteiger charge is -2.54. The van der Waals surface area contributed by atoms with Crippen molar-refractivity contribution in [3.63, 3.8) is 0 Å². The third-order valence-electron chi connectivity index (χ3n) is 12.7. The van der Waals surface area contributed by atoms with Crippen molar-refractivity contribution in [3.05, 3.63) is 46.6 Å². The van der Waals surface area contributed by atoms with Crippen LogP contribution < -0.4 is 9.64 Å². The van der Waals surface area contributed by atoms with Crippen LogP contribution in [0.25, 0.3) is 33.1 Å². The number of benzene rings is 1. The minimum Gasteiger partial charge on any atom is -0.461 e. The molecule has 2 aliphatic carbocycles. The predicted molar refractivity (Wildman–Crippen MR) is 181 cm³/mol. The number of H-pyrrole nitrogens is 1. The van der Waals surface area contributed by atoms with Gasteiger partial charge in [0.15, 0.2) is 11.5 Å². The van der Waals surface area contributed by atoms with E-state index in [-0.39, 0.29) is 59.8 Å². The van der Waals surface area contributed by atoms with Crippen LogP contribution >= 0.6 is 11.6 Å². The molecule has 1 N–H and O–H groups in total. The van der Waals surface area contributed by atoms with E-state index in [0.29, 0.717) is 71.1 Å². The van der Waals surface area contributed by atoms with Gasteiger partial charge in [-0.1, -0.05) is 11.6 Å². The number of aromatic amines is 1. The molecule has 264 valence electrons. The van der Waals surface area contributed by atoms with Gasteiger partial charge in [0, 0.05) is 54.6 Å². The molecule has 2 saturated carbocycles. The minimum absolute atomic E-state index is 0.0278. The van der Waals surface area contributed by atoms with Crippen LogP contribution in [0.5, 0.6) is 6.01 Å². The van der Waals surface area contributed by atoms with Gasteiger partial charge in [-0.05, 0) is 80.4 Å². The van der Waals surface area contributed by atoms with Crippen molar-refractivity contribution < 1.29 is 22.3 Å². The summed E-state index contributed by atoms with van der Waals surface area (Å²) in [5, 5.41) is 17.3. The number of nitrogens with one attached hydrogen (secondary N) is 1. The van der Waals surface area contributed by atoms with Gasteiger partial charge in [0.25, 0.3) is 5.89 Å². The number of anilines is 1. The van der Waals surface area contributed by atoms with Gasteiger partial charge in [-0.3, -0.25) is 15.0 Å². The smallest absolute Gasteiger partial charge is 0.319 e. The molecule has 11 nitrogen and oxygen atoms in total. The fourth-order valence-electron chi connectivity index (χ4n) is 10.4. The van der Waals surface area contributed by atoms with Crippen LogP contribution in [0.4, 0.5) is 19.0 Å². The molecule has 5 aromatic rings. The lowest BCUT2D eigenvalue weighted by atomic mass is 9.56. The SMILES string of the molecule is Fc1c2ncc3c(nc(OC[C@@]45CCCN4C[C@H](F)C5)nc13)N1CCCC3(C1)CC(F)(C3)c1nnc(o1)C[C@H]1C[C@H]1c1c(Cl)cc3[nH]ncc3c1-2. The molecule has 0 unspecified atom stereocenters. The Kier molecular flexibility index (Phi) is 6.31. The molecule has 9 bridgehead atoms. The van der Waals surface area contributed by atoms with E-state index in [4.69, 9.17) is 35.7 Å². The lowest BCUT2D eigenvalue weighted by molar-refractivity contribution is -0.0963. The zero-order valence-corrected chi connectivity index (χ0v) is 28.5. The number of hydrogen-bond acceptors (Lipinski definition) is 10. The maximum absolute atomic E-state index is 17.4. The summed E-state index contributed by atoms with van der Waals surface area (Å²) >= 11 is 6.99. The van der Waals surface area contributed by atoms with Crippen LogP contribution in [0, 0.1) is 17.2 Å². The molecule has 51 heavy (non-hydrogen) atoms. The molecule has 4 aromatic heterocycles. The number of rotatable bonds is 3. The van der Waals surface area contributed by atoms with E-state index >= 15 is 8.78 Å². The zero-order valence-electron chi connectivity index (χ0n) is 27.8. The van der Waals surface area contributed by atoms with Gasteiger partial charge in [-0.2, -0.15) is 15.1 Å². The summed E-state index contributed by atoms with van der Waals surface area (Å²) in [5.41, 5.74) is -0.331. The number of halogens is 4. The summed E-state index contributed by atoms with van der Waals surface area (Å²) < 4.78 is 60.8. The molecule has 6 aliphatic heterocycles. The summed E-state index contributed by atoms with van der Waals surface area (Å²) in [6.45, 7) is 2.56. The number of piperidine rings is 1. The van der Waals surface area contributed by atoms with Gasteiger partial charge in [-0.25, -0.2) is 13.2 Å². The summed E-state index contributed by atoms with van der Waals surface area (Å²) in [7, 11) is 0. The Bertz CT molecular complexity index is 2260. The number of hydrogen-bond donors (Lipinski definition) is 1. The largest absolute Gasteiger partial charge is 0.461 e. The second-order valence-corrected chi connectivity index (χ2v) is 16.4. The summed E-state index contributed by atoms with van der Waals surface area (Å²) in [6, 6.07) is 1.84. The average molecular weight is 718 g/mol. The predicted octanol–water partition coefficient (Wildman–Crippen LogP) is 6.60. The van der Waals surface area contributed by atoms with E-state index in [2.05, 4.69) is 30.2 Å². The Morgan fingerprint density at radius 1 is 1.10 bits per heavy atom. The highest BCUT2D eigenvalue weighted by atomic mass is 35.5. The first kappa shape index (κ1) is 30.6. The highest BCUT2D eigenvalue weighted by Gasteiger charge is 2.60. The molecule has 0 radical (unpaired) electrons. The van der Waals surface area contributed by atoms with Crippen LogP contribution in [-0.4, -0.2) is 84.7 Å². The van der Waals surface area contributed by atoms with Crippen molar-refractivity contribution in [2.45, 2.75) is 81.1 Å². The Morgan fingerprint density at radius 3 is 2.88 bits per heavy atom. The maximum atomic E-state index is 17.4. The van der Waals surface area contributed by atoms with Crippen molar-refractivity contribution in [1.29, 1.82) is 0 Å². The minimum atomic E-state index is -1.71. The zero-order chi connectivity index (χ0) is 34.3. The van der Waals surface area contributed by atoms with E-state index in [0.717, 1.165) is 44.2 Å². The van der Waals surface area contributed by atoms with Gasteiger partial charge in [0.1, 0.15) is 29.8 Å². The van der Waals surface area contributed by atoms with E-state index in [1.807, 2.05) is 6.07 Å². The molecular weight excluding hydrogens is 683 g/mol. The molecule has 15 heteroatoms. The summed E-state index contributed by atoms with van der Waals surface area (Å²) in [4.78, 5) is 18.6. The van der Waals surface area contributed by atoms with Crippen molar-refractivity contribution in [2.24, 2.45) is 11.3 Å². The summed E-state index contributed by atoms with van der Waals surface area (Å²) in [5.74, 6) is 0.345. The maximum Gasteiger partial charge on any atom is 0.319 e. The first-order valence-corrected chi connectivity index (χ1v) is 18.4. The fraction of sp³-hybridized carbons (Fsp3) is 0.556. The Balaban J connectivity index is 1.09. The second-order valence-electron chi connectivity index (χ2n) is 16.0. The van der Waals surface area contributed by atoms with E-state index < -0.39 is 23.2 Å². The fourth-order valence-corrected chi connectivity index (χ4v) is 10.7. The second kappa shape index (κ2) is 10.5. The normalized spacial score (nSPS) is 32.5. The number of nitrogens with zero attached hydrogens (tertiary/aromatic N) is 8. The van der Waals surface area contributed by atoms with Crippen molar-refractivity contribution in [3.8, 4) is 17.3 Å². The standard InChI is InChI=1S/C36H35ClF3N9O2/c37-23-9-24-21(12-42-45-24)27-26(23)20-7-18(20)8-25-46-47-32(51-25)36(40)14-34(15-36)3-1-5-48(16-34)31-22-11-41-30(27)28(39)29(22)43-33(44-31)50-17-35-4-2-6-49(35)13-19(38)10-35/h9,11-12,18-20H,1-8,10,13-17H2,(H,42,45)/t18-,19-,20-,34?,35+,36?/m1/s1. The Morgan fingerprint density at radius 2 is 1.98 bits per heavy atom. The Hall–Kier alpha value is -4.04. The molecule has 10 heterocycles. The Labute approximate surface area is 295 Å². The van der Waals surface area contributed by atoms with Crippen molar-refractivity contribution >= 4 is 39.2 Å². The topological polar surface area (TPSA) is 122 Å². The highest BCUT2D eigenvalue weighted by molar-refractivity contribution is 6.33. The molecule has 13 rings (SSSR count). The molecule has 4 atom stereocenters. The number of pyridine rings is 1. The van der Waals surface area contributed by atoms with Crippen LogP contribution in [0.3, 0.4) is 0 Å². The van der Waals surface area contributed by atoms with E-state index in [1.165, 1.54) is 0 Å². The first-order chi connectivity index (χ1) is 24.7. The van der Waals surface area contributed by atoms with Crippen molar-refractivity contribution in [1.82, 2.24) is 40.2 Å². The number of fused-ring (bicyclic) bond motifs is 2. The quantitative estimate of drug-likeness (QED) is 0.218. The monoisotopic (exact) mass is 717 g/mol. The molecule has 1 aromatic carbocycles. The van der Waals surface area contributed by atoms with Gasteiger partial charge >= 0.3 is 6.01 Å². The van der Waals surface area contributed by atoms with Crippen LogP contribution in [0.1, 0.15) is 74.6 Å². The van der Waals surface area contributed by atoms with Crippen LogP contribution in [-0.2, 0) is 12.1 Å². The highest BCUT2D eigenvalue weighted by Crippen LogP contribution is 2.61. The molecule has 5 fully saturated rings. The number of ether oxygens (including phenoxy) is 1. The molecular formula is C36H35ClF3N9O2. The van der Waals surface area contributed by atoms with Crippen LogP contribution in [0.2, 0.25) is 5.02 Å². The molecule has 8 aliphatic rings. The van der Waals surface area contributed by atoms with Gasteiger partial charge in [0.2, 0.25) is 5.89 Å². The van der Waals surface area contributed by atoms with Crippen molar-refractivity contribution in [2.75, 3.05) is 37.7 Å². The van der Waals surface area contributed by atoms with E-state index in [1.54, 1.807) is 12.4 Å². The average Bonchev–Trinajstić information content (AvgIpc) is 3.50. The van der Waals surface area contributed by atoms with Crippen LogP contribution in [0.15, 0.2) is 22.9 Å². The molecule has 0 amide bonds. The lowest BCUT2D eigenvalue weighted by Crippen LogP contribution is -2.56. The third-order valence-corrected chi connectivity index (χ3v) is 13.0. The first-order valence-electron chi connectivity index (χ1n) is 18.0.